The number of nitrogens with one attached hydrogen (secondary N) is 1. The van der Waals surface area contributed by atoms with Crippen molar-refractivity contribution in [3.05, 3.63) is 28.8 Å². The van der Waals surface area contributed by atoms with Crippen LogP contribution in [0, 0.1) is 20.8 Å². The van der Waals surface area contributed by atoms with Crippen molar-refractivity contribution >= 4 is 23.2 Å². The van der Waals surface area contributed by atoms with Crippen molar-refractivity contribution in [1.82, 2.24) is 29.9 Å². The lowest BCUT2D eigenvalue weighted by Crippen LogP contribution is -2.49. The highest BCUT2D eigenvalue weighted by atomic mass is 19.4. The number of anilines is 2. The molecule has 0 unspecified atom stereocenters. The fourth-order valence-corrected chi connectivity index (χ4v) is 3.52. The monoisotopic (exact) mass is 438 g/mol. The van der Waals surface area contributed by atoms with Crippen LogP contribution in [0.3, 0.4) is 0 Å². The Bertz CT molecular complexity index is 1120. The highest BCUT2D eigenvalue weighted by Gasteiger charge is 2.38. The van der Waals surface area contributed by atoms with Crippen LogP contribution in [0.1, 0.15) is 22.7 Å². The standard InChI is InChI=1S/C18H21F3N8O2/c1-10-8-13(26-31-10)22-14(30)9-27-4-6-28(7-5-27)16-12(3)11(2)15-23-24-17(18(19,20)21)29(15)25-16/h8H,4-7,9H2,1-3H3,(H,22,26,30). The summed E-state index contributed by atoms with van der Waals surface area (Å²) >= 11 is 0. The quantitative estimate of drug-likeness (QED) is 0.658. The van der Waals surface area contributed by atoms with E-state index in [0.29, 0.717) is 49.1 Å². The maximum absolute atomic E-state index is 13.3. The zero-order valence-electron chi connectivity index (χ0n) is 17.2. The van der Waals surface area contributed by atoms with Gasteiger partial charge in [-0.15, -0.1) is 15.3 Å². The van der Waals surface area contributed by atoms with E-state index in [0.717, 1.165) is 10.1 Å². The van der Waals surface area contributed by atoms with E-state index in [1.54, 1.807) is 26.8 Å². The fourth-order valence-electron chi connectivity index (χ4n) is 3.52. The molecule has 13 heteroatoms. The number of fused-ring (bicyclic) bond motifs is 1. The molecule has 1 N–H and O–H groups in total. The molecule has 0 aromatic carbocycles. The summed E-state index contributed by atoms with van der Waals surface area (Å²) < 4.78 is 45.4. The second-order valence-corrected chi connectivity index (χ2v) is 7.46. The van der Waals surface area contributed by atoms with E-state index in [9.17, 15) is 18.0 Å². The minimum atomic E-state index is -4.65. The number of alkyl halides is 3. The van der Waals surface area contributed by atoms with E-state index < -0.39 is 12.0 Å². The molecule has 10 nitrogen and oxygen atoms in total. The summed E-state index contributed by atoms with van der Waals surface area (Å²) in [6, 6.07) is 1.63. The van der Waals surface area contributed by atoms with Gasteiger partial charge in [-0.2, -0.15) is 17.7 Å². The molecule has 4 rings (SSSR count). The predicted molar refractivity (Wildman–Crippen MR) is 104 cm³/mol. The number of nitrogens with zero attached hydrogens (tertiary/aromatic N) is 7. The van der Waals surface area contributed by atoms with Gasteiger partial charge in [-0.3, -0.25) is 9.69 Å². The summed E-state index contributed by atoms with van der Waals surface area (Å²) in [4.78, 5) is 16.1. The van der Waals surface area contributed by atoms with E-state index in [-0.39, 0.29) is 18.1 Å². The van der Waals surface area contributed by atoms with Gasteiger partial charge in [0.1, 0.15) is 5.76 Å². The molecular weight excluding hydrogens is 417 g/mol. The van der Waals surface area contributed by atoms with Crippen molar-refractivity contribution < 1.29 is 22.5 Å². The number of amides is 1. The molecule has 1 saturated heterocycles. The van der Waals surface area contributed by atoms with E-state index in [4.69, 9.17) is 4.52 Å². The number of hydrogen-bond donors (Lipinski definition) is 1. The van der Waals surface area contributed by atoms with Gasteiger partial charge in [0, 0.05) is 43.4 Å². The van der Waals surface area contributed by atoms with Crippen LogP contribution in [0.5, 0.6) is 0 Å². The summed E-state index contributed by atoms with van der Waals surface area (Å²) in [5.74, 6) is 0.0512. The zero-order chi connectivity index (χ0) is 22.3. The molecule has 31 heavy (non-hydrogen) atoms. The molecular formula is C18H21F3N8O2. The summed E-state index contributed by atoms with van der Waals surface area (Å²) in [5, 5.41) is 17.5. The number of aromatic nitrogens is 5. The Morgan fingerprint density at radius 3 is 2.45 bits per heavy atom. The fraction of sp³-hybridized carbons (Fsp3) is 0.500. The van der Waals surface area contributed by atoms with Gasteiger partial charge in [0.2, 0.25) is 5.91 Å². The van der Waals surface area contributed by atoms with E-state index >= 15 is 0 Å². The third-order valence-corrected chi connectivity index (χ3v) is 5.26. The summed E-state index contributed by atoms with van der Waals surface area (Å²) in [5.41, 5.74) is 1.44. The lowest BCUT2D eigenvalue weighted by Gasteiger charge is -2.35. The number of carbonyl (C=O) groups is 1. The molecule has 3 aromatic heterocycles. The Morgan fingerprint density at radius 2 is 1.84 bits per heavy atom. The minimum absolute atomic E-state index is 0.0898. The molecule has 0 spiro atoms. The lowest BCUT2D eigenvalue weighted by molar-refractivity contribution is -0.146. The molecule has 0 radical (unpaired) electrons. The molecule has 0 saturated carbocycles. The maximum Gasteiger partial charge on any atom is 0.453 e. The van der Waals surface area contributed by atoms with Gasteiger partial charge < -0.3 is 14.7 Å². The average molecular weight is 438 g/mol. The van der Waals surface area contributed by atoms with Gasteiger partial charge in [-0.1, -0.05) is 5.16 Å². The smallest absolute Gasteiger partial charge is 0.360 e. The van der Waals surface area contributed by atoms with Gasteiger partial charge >= 0.3 is 6.18 Å². The minimum Gasteiger partial charge on any atom is -0.360 e. The maximum atomic E-state index is 13.3. The third-order valence-electron chi connectivity index (χ3n) is 5.26. The lowest BCUT2D eigenvalue weighted by atomic mass is 10.1. The zero-order valence-corrected chi connectivity index (χ0v) is 17.2. The first-order chi connectivity index (χ1) is 14.6. The van der Waals surface area contributed by atoms with E-state index in [2.05, 4.69) is 25.8 Å². The number of aryl methyl sites for hydroxylation is 2. The molecule has 4 heterocycles. The summed E-state index contributed by atoms with van der Waals surface area (Å²) in [7, 11) is 0. The van der Waals surface area contributed by atoms with Crippen LogP contribution < -0.4 is 10.2 Å². The van der Waals surface area contributed by atoms with Gasteiger partial charge in [0.05, 0.1) is 6.54 Å². The van der Waals surface area contributed by atoms with Gasteiger partial charge in [-0.25, -0.2) is 0 Å². The van der Waals surface area contributed by atoms with Crippen LogP contribution in [0.15, 0.2) is 10.6 Å². The third kappa shape index (κ3) is 4.17. The molecule has 1 aliphatic rings. The van der Waals surface area contributed by atoms with Crippen molar-refractivity contribution in [2.24, 2.45) is 0 Å². The molecule has 166 valence electrons. The predicted octanol–water partition coefficient (Wildman–Crippen LogP) is 1.82. The van der Waals surface area contributed by atoms with Gasteiger partial charge in [-0.05, 0) is 20.8 Å². The largest absolute Gasteiger partial charge is 0.453 e. The van der Waals surface area contributed by atoms with Crippen LogP contribution >= 0.6 is 0 Å². The Labute approximate surface area is 175 Å². The SMILES string of the molecule is Cc1cc(NC(=O)CN2CCN(c3nn4c(C(F)(F)F)nnc4c(C)c3C)CC2)no1. The summed E-state index contributed by atoms with van der Waals surface area (Å²) in [6.45, 7) is 7.55. The van der Waals surface area contributed by atoms with Crippen LogP contribution in [-0.2, 0) is 11.0 Å². The van der Waals surface area contributed by atoms with E-state index in [1.807, 2.05) is 9.80 Å². The Kier molecular flexibility index (Phi) is 5.29. The molecule has 0 atom stereocenters. The van der Waals surface area contributed by atoms with Crippen LogP contribution in [0.2, 0.25) is 0 Å². The van der Waals surface area contributed by atoms with Crippen LogP contribution in [-0.4, -0.2) is 68.5 Å². The first-order valence-corrected chi connectivity index (χ1v) is 9.64. The Balaban J connectivity index is 1.46. The van der Waals surface area contributed by atoms with Gasteiger partial charge in [0.15, 0.2) is 17.3 Å². The highest BCUT2D eigenvalue weighted by molar-refractivity contribution is 5.91. The number of carbonyl (C=O) groups excluding carboxylic acids is 1. The molecule has 0 aliphatic carbocycles. The first kappa shape index (κ1) is 21.0. The average Bonchev–Trinajstić information content (AvgIpc) is 3.31. The van der Waals surface area contributed by atoms with Crippen molar-refractivity contribution in [1.29, 1.82) is 0 Å². The van der Waals surface area contributed by atoms with Crippen molar-refractivity contribution in [3.63, 3.8) is 0 Å². The summed E-state index contributed by atoms with van der Waals surface area (Å²) in [6.07, 6.45) is -4.65. The molecule has 3 aromatic rings. The number of piperazine rings is 1. The van der Waals surface area contributed by atoms with Crippen molar-refractivity contribution in [2.45, 2.75) is 26.9 Å². The first-order valence-electron chi connectivity index (χ1n) is 9.64. The molecule has 1 aliphatic heterocycles. The van der Waals surface area contributed by atoms with E-state index in [1.165, 1.54) is 0 Å². The number of hydrogen-bond acceptors (Lipinski definition) is 8. The van der Waals surface area contributed by atoms with Crippen molar-refractivity contribution in [2.75, 3.05) is 42.9 Å². The highest BCUT2D eigenvalue weighted by Crippen LogP contribution is 2.30. The topological polar surface area (TPSA) is 105 Å². The molecule has 1 fully saturated rings. The number of halogens is 3. The second-order valence-electron chi connectivity index (χ2n) is 7.46. The molecule has 1 amide bonds. The Hall–Kier alpha value is -3.22. The molecule has 0 bridgehead atoms. The van der Waals surface area contributed by atoms with Crippen LogP contribution in [0.25, 0.3) is 5.65 Å². The normalized spacial score (nSPS) is 15.6. The van der Waals surface area contributed by atoms with Crippen LogP contribution in [0.4, 0.5) is 24.8 Å². The number of rotatable bonds is 4. The second kappa shape index (κ2) is 7.80. The Morgan fingerprint density at radius 1 is 1.13 bits per heavy atom. The van der Waals surface area contributed by atoms with Crippen molar-refractivity contribution in [3.8, 4) is 0 Å². The van der Waals surface area contributed by atoms with Gasteiger partial charge in [0.25, 0.3) is 5.82 Å².